The van der Waals surface area contributed by atoms with E-state index in [2.05, 4.69) is 37.9 Å². The van der Waals surface area contributed by atoms with Crippen molar-refractivity contribution in [2.75, 3.05) is 17.3 Å². The monoisotopic (exact) mass is 356 g/mol. The first-order valence-electron chi connectivity index (χ1n) is 3.87. The second kappa shape index (κ2) is 11.2. The molecule has 0 bridgehead atoms. The summed E-state index contributed by atoms with van der Waals surface area (Å²) in [5.74, 6) is 3.17. The zero-order chi connectivity index (χ0) is 9.23. The summed E-state index contributed by atoms with van der Waals surface area (Å²) in [6, 6.07) is 0. The third-order valence-electron chi connectivity index (χ3n) is 1.19. The average molecular weight is 354 g/mol. The van der Waals surface area contributed by atoms with Crippen molar-refractivity contribution in [3.63, 3.8) is 0 Å². The van der Waals surface area contributed by atoms with Gasteiger partial charge in [0, 0.05) is 0 Å². The van der Waals surface area contributed by atoms with Crippen LogP contribution in [-0.2, 0) is 0 Å². The van der Waals surface area contributed by atoms with Crippen LogP contribution in [0.2, 0.25) is 20.8 Å². The summed E-state index contributed by atoms with van der Waals surface area (Å²) in [6.45, 7) is 0. The Labute approximate surface area is 105 Å². The molecule has 74 valence electrons. The standard InChI is InChI=1S/C7H16S3Se2/c8-1-3-11-6-7(5-10)12-4-2-9/h7-10H,1-6H2. The molecule has 0 heterocycles. The number of rotatable bonds is 8. The summed E-state index contributed by atoms with van der Waals surface area (Å²) in [7, 11) is 0. The van der Waals surface area contributed by atoms with Gasteiger partial charge in [0.25, 0.3) is 0 Å². The summed E-state index contributed by atoms with van der Waals surface area (Å²) in [5, 5.41) is 4.03. The fourth-order valence-electron chi connectivity index (χ4n) is 0.652. The van der Waals surface area contributed by atoms with Gasteiger partial charge in [-0.2, -0.15) is 0 Å². The fourth-order valence-corrected chi connectivity index (χ4v) is 7.80. The molecule has 0 nitrogen and oxygen atoms in total. The molecule has 0 aromatic rings. The summed E-state index contributed by atoms with van der Waals surface area (Å²) in [6.07, 6.45) is 0. The number of thiol groups is 3. The maximum absolute atomic E-state index is 4.37. The second-order valence-electron chi connectivity index (χ2n) is 2.20. The van der Waals surface area contributed by atoms with Crippen LogP contribution in [0.3, 0.4) is 0 Å². The van der Waals surface area contributed by atoms with E-state index in [0.29, 0.717) is 0 Å². The number of hydrogen-bond donors (Lipinski definition) is 3. The van der Waals surface area contributed by atoms with E-state index in [-0.39, 0.29) is 0 Å². The van der Waals surface area contributed by atoms with Crippen LogP contribution < -0.4 is 0 Å². The van der Waals surface area contributed by atoms with Gasteiger partial charge in [0.05, 0.1) is 0 Å². The third-order valence-corrected chi connectivity index (χ3v) is 10.0. The van der Waals surface area contributed by atoms with Crippen LogP contribution in [0.15, 0.2) is 0 Å². The van der Waals surface area contributed by atoms with Crippen molar-refractivity contribution < 1.29 is 0 Å². The van der Waals surface area contributed by atoms with E-state index in [1.165, 1.54) is 16.0 Å². The SMILES string of the molecule is SCC[Se]CC(CS)[Se]CCS. The quantitative estimate of drug-likeness (QED) is 0.332. The third kappa shape index (κ3) is 8.68. The van der Waals surface area contributed by atoms with E-state index < -0.39 is 0 Å². The molecular formula is C7H16S3Se2. The maximum atomic E-state index is 4.37. The second-order valence-corrected chi connectivity index (χ2v) is 8.82. The predicted molar refractivity (Wildman–Crippen MR) is 71.2 cm³/mol. The normalized spacial score (nSPS) is 13.2. The first-order valence-corrected chi connectivity index (χ1v) is 10.4. The van der Waals surface area contributed by atoms with Crippen molar-refractivity contribution in [2.24, 2.45) is 0 Å². The fraction of sp³-hybridized carbons (Fsp3) is 1.00. The molecule has 0 aliphatic heterocycles. The Balaban J connectivity index is 3.26. The summed E-state index contributed by atoms with van der Waals surface area (Å²) in [4.78, 5) is 0.896. The molecule has 5 heteroatoms. The predicted octanol–water partition coefficient (Wildman–Crippen LogP) is 2.23. The molecule has 0 fully saturated rings. The Morgan fingerprint density at radius 2 is 1.67 bits per heavy atom. The molecule has 0 N–H and O–H groups in total. The van der Waals surface area contributed by atoms with Crippen molar-refractivity contribution in [1.29, 1.82) is 0 Å². The zero-order valence-electron chi connectivity index (χ0n) is 6.98. The Kier molecular flexibility index (Phi) is 13.1. The Bertz CT molecular complexity index is 92.7. The van der Waals surface area contributed by atoms with Gasteiger partial charge in [-0.1, -0.05) is 0 Å². The van der Waals surface area contributed by atoms with Crippen molar-refractivity contribution in [3.8, 4) is 0 Å². The van der Waals surface area contributed by atoms with Crippen molar-refractivity contribution in [2.45, 2.75) is 20.8 Å². The molecule has 1 unspecified atom stereocenters. The Hall–Kier alpha value is 2.09. The van der Waals surface area contributed by atoms with Crippen LogP contribution in [0.5, 0.6) is 0 Å². The van der Waals surface area contributed by atoms with Gasteiger partial charge >= 0.3 is 106 Å². The van der Waals surface area contributed by atoms with Crippen molar-refractivity contribution >= 4 is 67.8 Å². The minimum absolute atomic E-state index is 0.780. The van der Waals surface area contributed by atoms with E-state index in [4.69, 9.17) is 0 Å². The number of hydrogen-bond acceptors (Lipinski definition) is 3. The Morgan fingerprint density at radius 3 is 2.17 bits per heavy atom. The van der Waals surface area contributed by atoms with E-state index in [1.54, 1.807) is 0 Å². The van der Waals surface area contributed by atoms with Gasteiger partial charge in [-0.3, -0.25) is 0 Å². The van der Waals surface area contributed by atoms with Gasteiger partial charge in [0.1, 0.15) is 0 Å². The molecule has 0 aliphatic carbocycles. The molecule has 12 heavy (non-hydrogen) atoms. The molecular weight excluding hydrogens is 338 g/mol. The van der Waals surface area contributed by atoms with Crippen LogP contribution >= 0.6 is 37.9 Å². The van der Waals surface area contributed by atoms with Gasteiger partial charge in [-0.15, -0.1) is 0 Å². The molecule has 0 aromatic heterocycles. The summed E-state index contributed by atoms with van der Waals surface area (Å²) >= 11 is 14.4. The van der Waals surface area contributed by atoms with Crippen LogP contribution in [0.4, 0.5) is 0 Å². The summed E-state index contributed by atoms with van der Waals surface area (Å²) < 4.78 is 0. The molecule has 0 rings (SSSR count). The average Bonchev–Trinajstić information content (AvgIpc) is 2.11. The van der Waals surface area contributed by atoms with E-state index in [1.807, 2.05) is 0 Å². The van der Waals surface area contributed by atoms with Gasteiger partial charge in [-0.05, 0) is 0 Å². The van der Waals surface area contributed by atoms with Crippen LogP contribution in [-0.4, -0.2) is 47.2 Å². The molecule has 0 radical (unpaired) electrons. The summed E-state index contributed by atoms with van der Waals surface area (Å²) in [5.41, 5.74) is 0. The first-order chi connectivity index (χ1) is 5.85. The van der Waals surface area contributed by atoms with Gasteiger partial charge in [0.15, 0.2) is 0 Å². The molecule has 0 aliphatic rings. The topological polar surface area (TPSA) is 0 Å². The molecule has 0 spiro atoms. The van der Waals surface area contributed by atoms with E-state index in [9.17, 15) is 0 Å². The Morgan fingerprint density at radius 1 is 1.00 bits per heavy atom. The molecule has 0 saturated carbocycles. The van der Waals surface area contributed by atoms with E-state index >= 15 is 0 Å². The van der Waals surface area contributed by atoms with Crippen LogP contribution in [0, 0.1) is 0 Å². The molecule has 0 amide bonds. The van der Waals surface area contributed by atoms with Crippen molar-refractivity contribution in [3.05, 3.63) is 0 Å². The minimum atomic E-state index is 0.780. The van der Waals surface area contributed by atoms with Crippen LogP contribution in [0.25, 0.3) is 0 Å². The molecule has 0 aromatic carbocycles. The van der Waals surface area contributed by atoms with Crippen molar-refractivity contribution in [1.82, 2.24) is 0 Å². The molecule has 1 atom stereocenters. The van der Waals surface area contributed by atoms with Gasteiger partial charge in [-0.25, -0.2) is 0 Å². The first kappa shape index (κ1) is 14.1. The van der Waals surface area contributed by atoms with E-state index in [0.717, 1.165) is 52.0 Å². The van der Waals surface area contributed by atoms with Gasteiger partial charge < -0.3 is 0 Å². The zero-order valence-corrected chi connectivity index (χ0v) is 13.1. The molecule has 0 saturated heterocycles. The van der Waals surface area contributed by atoms with Gasteiger partial charge in [0.2, 0.25) is 0 Å². The van der Waals surface area contributed by atoms with Crippen LogP contribution in [0.1, 0.15) is 0 Å².